The van der Waals surface area contributed by atoms with Crippen molar-refractivity contribution >= 4 is 23.6 Å². The minimum absolute atomic E-state index is 0.0369. The number of thioether (sulfide) groups is 1. The van der Waals surface area contributed by atoms with E-state index in [2.05, 4.69) is 4.98 Å². The van der Waals surface area contributed by atoms with Crippen LogP contribution in [-0.2, 0) is 16.1 Å². The summed E-state index contributed by atoms with van der Waals surface area (Å²) in [6.07, 6.45) is 3.50. The molecule has 2 rings (SSSR count). The lowest BCUT2D eigenvalue weighted by molar-refractivity contribution is -0.134. The average molecular weight is 297 g/mol. The van der Waals surface area contributed by atoms with E-state index in [0.717, 1.165) is 37.7 Å². The Bertz CT molecular complexity index is 566. The first-order chi connectivity index (χ1) is 9.56. The Balaban J connectivity index is 2.11. The van der Waals surface area contributed by atoms with Gasteiger partial charge in [-0.15, -0.1) is 0 Å². The minimum atomic E-state index is -0.995. The molecule has 108 valence electrons. The molecule has 0 saturated carbocycles. The summed E-state index contributed by atoms with van der Waals surface area (Å²) >= 11 is 0.935. The fourth-order valence-corrected chi connectivity index (χ4v) is 2.69. The molecule has 8 heteroatoms. The van der Waals surface area contributed by atoms with Crippen LogP contribution in [0, 0.1) is 0 Å². The summed E-state index contributed by atoms with van der Waals surface area (Å²) in [6, 6.07) is 1.27. The highest BCUT2D eigenvalue weighted by molar-refractivity contribution is 7.99. The molecule has 0 atom stereocenters. The van der Waals surface area contributed by atoms with Gasteiger partial charge in [0.25, 0.3) is 5.56 Å². The van der Waals surface area contributed by atoms with Crippen LogP contribution in [0.15, 0.2) is 22.2 Å². The molecule has 7 nitrogen and oxygen atoms in total. The molecule has 1 aliphatic rings. The van der Waals surface area contributed by atoms with Crippen LogP contribution in [-0.4, -0.2) is 50.3 Å². The molecule has 2 heterocycles. The molecule has 1 fully saturated rings. The SMILES string of the molecule is O=C(O)CSc1nc(=O)ccn1CC(=O)N1CCCC1. The first kappa shape index (κ1) is 14.6. The van der Waals surface area contributed by atoms with Crippen molar-refractivity contribution in [3.63, 3.8) is 0 Å². The number of carboxylic acid groups (broad SMARTS) is 1. The molecule has 1 aromatic rings. The monoisotopic (exact) mass is 297 g/mol. The second-order valence-corrected chi connectivity index (χ2v) is 5.39. The second-order valence-electron chi connectivity index (χ2n) is 4.45. The smallest absolute Gasteiger partial charge is 0.313 e. The molecule has 0 unspecified atom stereocenters. The van der Waals surface area contributed by atoms with Gasteiger partial charge in [-0.05, 0) is 12.8 Å². The molecule has 0 radical (unpaired) electrons. The minimum Gasteiger partial charge on any atom is -0.481 e. The van der Waals surface area contributed by atoms with Crippen molar-refractivity contribution in [2.75, 3.05) is 18.8 Å². The molecule has 1 aromatic heterocycles. The van der Waals surface area contributed by atoms with E-state index in [9.17, 15) is 14.4 Å². The molecular formula is C12H15N3O4S. The zero-order valence-electron chi connectivity index (χ0n) is 10.8. The fraction of sp³-hybridized carbons (Fsp3) is 0.500. The van der Waals surface area contributed by atoms with Crippen molar-refractivity contribution in [3.8, 4) is 0 Å². The van der Waals surface area contributed by atoms with Gasteiger partial charge in [0.1, 0.15) is 6.54 Å². The van der Waals surface area contributed by atoms with E-state index in [1.54, 1.807) is 4.90 Å². The number of nitrogens with zero attached hydrogens (tertiary/aromatic N) is 3. The number of aliphatic carboxylic acids is 1. The Morgan fingerprint density at radius 3 is 2.70 bits per heavy atom. The highest BCUT2D eigenvalue weighted by atomic mass is 32.2. The summed E-state index contributed by atoms with van der Waals surface area (Å²) in [5.41, 5.74) is -0.442. The molecule has 0 aromatic carbocycles. The van der Waals surface area contributed by atoms with Crippen LogP contribution < -0.4 is 5.56 Å². The third-order valence-electron chi connectivity index (χ3n) is 2.94. The standard InChI is InChI=1S/C12H15N3O4S/c16-9-3-6-15(12(13-9)20-8-11(18)19)7-10(17)14-4-1-2-5-14/h3,6H,1-2,4-5,7-8H2,(H,18,19). The van der Waals surface area contributed by atoms with E-state index in [1.807, 2.05) is 0 Å². The van der Waals surface area contributed by atoms with Gasteiger partial charge in [-0.3, -0.25) is 14.4 Å². The van der Waals surface area contributed by atoms with Crippen molar-refractivity contribution in [2.45, 2.75) is 24.5 Å². The van der Waals surface area contributed by atoms with Crippen LogP contribution in [0.1, 0.15) is 12.8 Å². The topological polar surface area (TPSA) is 92.5 Å². The van der Waals surface area contributed by atoms with Gasteiger partial charge < -0.3 is 14.6 Å². The van der Waals surface area contributed by atoms with Crippen molar-refractivity contribution in [1.29, 1.82) is 0 Å². The fourth-order valence-electron chi connectivity index (χ4n) is 1.99. The number of carbonyl (C=O) groups excluding carboxylic acids is 1. The van der Waals surface area contributed by atoms with Crippen LogP contribution in [0.4, 0.5) is 0 Å². The van der Waals surface area contributed by atoms with E-state index >= 15 is 0 Å². The number of amides is 1. The second kappa shape index (κ2) is 6.56. The number of carbonyl (C=O) groups is 2. The lowest BCUT2D eigenvalue weighted by atomic mass is 10.4. The first-order valence-electron chi connectivity index (χ1n) is 6.26. The molecular weight excluding hydrogens is 282 g/mol. The first-order valence-corrected chi connectivity index (χ1v) is 7.24. The summed E-state index contributed by atoms with van der Waals surface area (Å²) in [7, 11) is 0. The lowest BCUT2D eigenvalue weighted by Gasteiger charge is -2.17. The number of aromatic nitrogens is 2. The number of hydrogen-bond acceptors (Lipinski definition) is 5. The van der Waals surface area contributed by atoms with Crippen molar-refractivity contribution in [3.05, 3.63) is 22.6 Å². The largest absolute Gasteiger partial charge is 0.481 e. The highest BCUT2D eigenvalue weighted by Crippen LogP contribution is 2.15. The van der Waals surface area contributed by atoms with Gasteiger partial charge in [0.05, 0.1) is 5.75 Å². The quantitative estimate of drug-likeness (QED) is 0.609. The number of hydrogen-bond donors (Lipinski definition) is 1. The number of carboxylic acids is 1. The summed E-state index contributed by atoms with van der Waals surface area (Å²) < 4.78 is 1.52. The van der Waals surface area contributed by atoms with Gasteiger partial charge in [-0.1, -0.05) is 11.8 Å². The van der Waals surface area contributed by atoms with Crippen LogP contribution in [0.3, 0.4) is 0 Å². The molecule has 1 amide bonds. The maximum atomic E-state index is 12.1. The van der Waals surface area contributed by atoms with Gasteiger partial charge in [0, 0.05) is 25.4 Å². The Labute approximate surface area is 119 Å². The molecule has 0 bridgehead atoms. The summed E-state index contributed by atoms with van der Waals surface area (Å²) in [5.74, 6) is -1.23. The Morgan fingerprint density at radius 1 is 1.35 bits per heavy atom. The third-order valence-corrected chi connectivity index (χ3v) is 3.91. The maximum absolute atomic E-state index is 12.1. The van der Waals surface area contributed by atoms with Crippen LogP contribution >= 0.6 is 11.8 Å². The van der Waals surface area contributed by atoms with E-state index in [1.165, 1.54) is 16.8 Å². The highest BCUT2D eigenvalue weighted by Gasteiger charge is 2.19. The van der Waals surface area contributed by atoms with Crippen molar-refractivity contribution in [1.82, 2.24) is 14.5 Å². The van der Waals surface area contributed by atoms with Crippen LogP contribution in [0.2, 0.25) is 0 Å². The van der Waals surface area contributed by atoms with Gasteiger partial charge in [0.2, 0.25) is 5.91 Å². The van der Waals surface area contributed by atoms with E-state index in [-0.39, 0.29) is 23.4 Å². The summed E-state index contributed by atoms with van der Waals surface area (Å²) in [5, 5.41) is 8.94. The van der Waals surface area contributed by atoms with Crippen LogP contribution in [0.25, 0.3) is 0 Å². The number of rotatable bonds is 5. The molecule has 1 aliphatic heterocycles. The Kier molecular flexibility index (Phi) is 4.78. The predicted octanol–water partition coefficient (Wildman–Crippen LogP) is 0.0424. The molecule has 1 saturated heterocycles. The Hall–Kier alpha value is -1.83. The van der Waals surface area contributed by atoms with Gasteiger partial charge in [-0.2, -0.15) is 4.98 Å². The van der Waals surface area contributed by atoms with Gasteiger partial charge >= 0.3 is 5.97 Å². The van der Waals surface area contributed by atoms with E-state index in [0.29, 0.717) is 0 Å². The van der Waals surface area contributed by atoms with E-state index in [4.69, 9.17) is 5.11 Å². The molecule has 1 N–H and O–H groups in total. The molecule has 0 spiro atoms. The maximum Gasteiger partial charge on any atom is 0.313 e. The van der Waals surface area contributed by atoms with E-state index < -0.39 is 11.5 Å². The zero-order chi connectivity index (χ0) is 14.5. The van der Waals surface area contributed by atoms with Crippen molar-refractivity contribution < 1.29 is 14.7 Å². The van der Waals surface area contributed by atoms with Crippen LogP contribution in [0.5, 0.6) is 0 Å². The lowest BCUT2D eigenvalue weighted by Crippen LogP contribution is -2.32. The zero-order valence-corrected chi connectivity index (χ0v) is 11.6. The molecule has 0 aliphatic carbocycles. The Morgan fingerprint density at radius 2 is 2.05 bits per heavy atom. The van der Waals surface area contributed by atoms with Crippen molar-refractivity contribution in [2.24, 2.45) is 0 Å². The van der Waals surface area contributed by atoms with Gasteiger partial charge in [0.15, 0.2) is 5.16 Å². The van der Waals surface area contributed by atoms with Gasteiger partial charge in [-0.25, -0.2) is 0 Å². The average Bonchev–Trinajstić information content (AvgIpc) is 2.93. The summed E-state index contributed by atoms with van der Waals surface area (Å²) in [4.78, 5) is 39.4. The number of likely N-dealkylation sites (tertiary alicyclic amines) is 1. The third kappa shape index (κ3) is 3.83. The normalized spacial score (nSPS) is 14.5. The molecule has 20 heavy (non-hydrogen) atoms. The predicted molar refractivity (Wildman–Crippen MR) is 72.7 cm³/mol. The summed E-state index contributed by atoms with van der Waals surface area (Å²) in [6.45, 7) is 1.59.